The van der Waals surface area contributed by atoms with E-state index in [0.717, 1.165) is 9.13 Å². The molecular formula is C14H11ClF3N3O2. The van der Waals surface area contributed by atoms with Gasteiger partial charge < -0.3 is 5.11 Å². The molecule has 0 amide bonds. The second kappa shape index (κ2) is 6.48. The van der Waals surface area contributed by atoms with E-state index in [4.69, 9.17) is 16.9 Å². The summed E-state index contributed by atoms with van der Waals surface area (Å²) in [7, 11) is 0. The Bertz CT molecular complexity index is 788. The molecule has 0 aliphatic carbocycles. The molecule has 0 aliphatic heterocycles. The monoisotopic (exact) mass is 345 g/mol. The van der Waals surface area contributed by atoms with Crippen molar-refractivity contribution in [1.82, 2.24) is 9.13 Å². The van der Waals surface area contributed by atoms with Gasteiger partial charge in [-0.3, -0.25) is 9.13 Å². The van der Waals surface area contributed by atoms with E-state index < -0.39 is 24.5 Å². The lowest BCUT2D eigenvalue weighted by molar-refractivity contribution is -0.207. The van der Waals surface area contributed by atoms with Crippen molar-refractivity contribution in [1.29, 1.82) is 5.26 Å². The van der Waals surface area contributed by atoms with Gasteiger partial charge in [-0.05, 0) is 17.7 Å². The van der Waals surface area contributed by atoms with Gasteiger partial charge in [-0.25, -0.2) is 4.79 Å². The average Bonchev–Trinajstić information content (AvgIpc) is 2.77. The second-order valence-electron chi connectivity index (χ2n) is 4.76. The normalized spacial score (nSPS) is 12.9. The molecule has 0 aliphatic rings. The van der Waals surface area contributed by atoms with Crippen LogP contribution in [0.5, 0.6) is 0 Å². The van der Waals surface area contributed by atoms with Gasteiger partial charge in [-0.15, -0.1) is 0 Å². The Morgan fingerprint density at radius 1 is 1.30 bits per heavy atom. The van der Waals surface area contributed by atoms with Crippen LogP contribution in [0, 0.1) is 11.3 Å². The summed E-state index contributed by atoms with van der Waals surface area (Å²) in [6.07, 6.45) is -6.27. The highest BCUT2D eigenvalue weighted by molar-refractivity contribution is 6.30. The van der Waals surface area contributed by atoms with Crippen LogP contribution in [0.2, 0.25) is 5.02 Å². The number of nitrogens with zero attached hydrogens (tertiary/aromatic N) is 3. The summed E-state index contributed by atoms with van der Waals surface area (Å²) in [4.78, 5) is 12.2. The van der Waals surface area contributed by atoms with Crippen molar-refractivity contribution >= 4 is 11.6 Å². The third-order valence-electron chi connectivity index (χ3n) is 3.16. The Morgan fingerprint density at radius 3 is 2.43 bits per heavy atom. The highest BCUT2D eigenvalue weighted by atomic mass is 35.5. The van der Waals surface area contributed by atoms with Crippen molar-refractivity contribution < 1.29 is 18.3 Å². The van der Waals surface area contributed by atoms with E-state index in [-0.39, 0.29) is 12.2 Å². The number of hydrogen-bond donors (Lipinski definition) is 1. The molecule has 1 heterocycles. The highest BCUT2D eigenvalue weighted by Crippen LogP contribution is 2.25. The molecule has 0 unspecified atom stereocenters. The number of aromatic nitrogens is 2. The Kier molecular flexibility index (Phi) is 4.82. The third-order valence-corrected chi connectivity index (χ3v) is 3.41. The highest BCUT2D eigenvalue weighted by Gasteiger charge is 2.39. The molecule has 5 nitrogen and oxygen atoms in total. The fourth-order valence-electron chi connectivity index (χ4n) is 2.02. The first kappa shape index (κ1) is 17.1. The molecule has 23 heavy (non-hydrogen) atoms. The molecule has 2 aromatic rings. The zero-order valence-electron chi connectivity index (χ0n) is 11.6. The van der Waals surface area contributed by atoms with Crippen LogP contribution < -0.4 is 5.69 Å². The Hall–Kier alpha value is -2.24. The van der Waals surface area contributed by atoms with Crippen LogP contribution in [-0.2, 0) is 13.1 Å². The summed E-state index contributed by atoms with van der Waals surface area (Å²) in [5, 5.41) is 18.4. The molecule has 0 spiro atoms. The van der Waals surface area contributed by atoms with Crippen molar-refractivity contribution in [3.05, 3.63) is 46.0 Å². The lowest BCUT2D eigenvalue weighted by atomic mass is 10.1. The quantitative estimate of drug-likeness (QED) is 0.925. The Labute approximate surface area is 133 Å². The lowest BCUT2D eigenvalue weighted by Gasteiger charge is -2.16. The topological polar surface area (TPSA) is 70.9 Å². The maximum Gasteiger partial charge on any atom is 0.416 e. The van der Waals surface area contributed by atoms with Crippen molar-refractivity contribution in [2.45, 2.75) is 25.4 Å². The number of rotatable bonds is 4. The molecule has 122 valence electrons. The minimum Gasteiger partial charge on any atom is -0.382 e. The standard InChI is InChI=1S/C14H11ClF3N3O2/c15-10-3-1-9(2-4-10)11-7-20(6-5-19)13(23)21(11)8-12(22)14(16,17)18/h1-4,7,12,22H,6,8H2/t12-/m0/s1. The van der Waals surface area contributed by atoms with E-state index in [0.29, 0.717) is 10.6 Å². The molecule has 2 rings (SSSR count). The summed E-state index contributed by atoms with van der Waals surface area (Å²) in [5.41, 5.74) is -0.206. The minimum atomic E-state index is -4.85. The lowest BCUT2D eigenvalue weighted by Crippen LogP contribution is -2.37. The van der Waals surface area contributed by atoms with Crippen LogP contribution in [0.1, 0.15) is 0 Å². The largest absolute Gasteiger partial charge is 0.416 e. The van der Waals surface area contributed by atoms with E-state index in [2.05, 4.69) is 0 Å². The number of benzene rings is 1. The van der Waals surface area contributed by atoms with Gasteiger partial charge in [-0.1, -0.05) is 23.7 Å². The van der Waals surface area contributed by atoms with E-state index in [1.54, 1.807) is 6.07 Å². The van der Waals surface area contributed by atoms with Crippen LogP contribution >= 0.6 is 11.6 Å². The number of alkyl halides is 3. The molecule has 1 N–H and O–H groups in total. The first-order chi connectivity index (χ1) is 10.7. The van der Waals surface area contributed by atoms with Crippen LogP contribution in [0.3, 0.4) is 0 Å². The summed E-state index contributed by atoms with van der Waals surface area (Å²) in [5.74, 6) is 0. The SMILES string of the molecule is N#CCn1cc(-c2ccc(Cl)cc2)n(C[C@H](O)C(F)(F)F)c1=O. The molecule has 1 atom stereocenters. The van der Waals surface area contributed by atoms with Crippen LogP contribution in [0.25, 0.3) is 11.3 Å². The van der Waals surface area contributed by atoms with Crippen LogP contribution in [-0.4, -0.2) is 26.5 Å². The zero-order chi connectivity index (χ0) is 17.2. The molecule has 0 saturated heterocycles. The first-order valence-electron chi connectivity index (χ1n) is 6.41. The summed E-state index contributed by atoms with van der Waals surface area (Å²) in [6, 6.07) is 7.86. The number of aliphatic hydroxyl groups is 1. The zero-order valence-corrected chi connectivity index (χ0v) is 12.3. The Balaban J connectivity index is 2.52. The molecule has 1 aromatic carbocycles. The number of nitriles is 1. The molecule has 0 saturated carbocycles. The number of imidazole rings is 1. The summed E-state index contributed by atoms with van der Waals surface area (Å²) < 4.78 is 39.5. The van der Waals surface area contributed by atoms with Gasteiger partial charge in [-0.2, -0.15) is 18.4 Å². The van der Waals surface area contributed by atoms with Gasteiger partial charge in [0.25, 0.3) is 0 Å². The minimum absolute atomic E-state index is 0.158. The molecule has 1 aromatic heterocycles. The van der Waals surface area contributed by atoms with E-state index in [1.165, 1.54) is 30.5 Å². The number of halogens is 4. The predicted molar refractivity (Wildman–Crippen MR) is 76.8 cm³/mol. The molecule has 0 radical (unpaired) electrons. The van der Waals surface area contributed by atoms with Gasteiger partial charge in [0.2, 0.25) is 0 Å². The summed E-state index contributed by atoms with van der Waals surface area (Å²) >= 11 is 5.76. The van der Waals surface area contributed by atoms with Gasteiger partial charge >= 0.3 is 11.9 Å². The maximum atomic E-state index is 12.6. The maximum absolute atomic E-state index is 12.6. The molecule has 0 fully saturated rings. The Morgan fingerprint density at radius 2 is 1.91 bits per heavy atom. The third kappa shape index (κ3) is 3.75. The van der Waals surface area contributed by atoms with E-state index >= 15 is 0 Å². The van der Waals surface area contributed by atoms with Gasteiger partial charge in [0, 0.05) is 11.2 Å². The second-order valence-corrected chi connectivity index (χ2v) is 5.19. The van der Waals surface area contributed by atoms with Crippen LogP contribution in [0.15, 0.2) is 35.3 Å². The molecule has 9 heteroatoms. The van der Waals surface area contributed by atoms with E-state index in [1.807, 2.05) is 0 Å². The van der Waals surface area contributed by atoms with Crippen molar-refractivity contribution in [3.63, 3.8) is 0 Å². The van der Waals surface area contributed by atoms with Gasteiger partial charge in [0.1, 0.15) is 6.54 Å². The van der Waals surface area contributed by atoms with Crippen LogP contribution in [0.4, 0.5) is 13.2 Å². The first-order valence-corrected chi connectivity index (χ1v) is 6.79. The smallest absolute Gasteiger partial charge is 0.382 e. The fraction of sp³-hybridized carbons (Fsp3) is 0.286. The van der Waals surface area contributed by atoms with Crippen molar-refractivity contribution in [2.75, 3.05) is 0 Å². The van der Waals surface area contributed by atoms with Gasteiger partial charge in [0.05, 0.1) is 18.3 Å². The predicted octanol–water partition coefficient (Wildman–Crippen LogP) is 2.42. The van der Waals surface area contributed by atoms with Crippen molar-refractivity contribution in [2.24, 2.45) is 0 Å². The number of hydrogen-bond acceptors (Lipinski definition) is 3. The fourth-order valence-corrected chi connectivity index (χ4v) is 2.15. The van der Waals surface area contributed by atoms with Crippen molar-refractivity contribution in [3.8, 4) is 17.3 Å². The average molecular weight is 346 g/mol. The summed E-state index contributed by atoms with van der Waals surface area (Å²) in [6.45, 7) is -1.27. The number of aliphatic hydroxyl groups excluding tert-OH is 1. The van der Waals surface area contributed by atoms with Gasteiger partial charge in [0.15, 0.2) is 6.10 Å². The molecule has 0 bridgehead atoms. The van der Waals surface area contributed by atoms with E-state index in [9.17, 15) is 23.1 Å². The molecular weight excluding hydrogens is 335 g/mol.